The van der Waals surface area contributed by atoms with Crippen LogP contribution in [-0.4, -0.2) is 16.3 Å². The number of hydrogen-bond acceptors (Lipinski definition) is 2. The molecule has 0 fully saturated rings. The Labute approximate surface area is 101 Å². The summed E-state index contributed by atoms with van der Waals surface area (Å²) in [5.41, 5.74) is 1.09. The molecule has 1 unspecified atom stereocenters. The van der Waals surface area contributed by atoms with Gasteiger partial charge in [0.25, 0.3) is 0 Å². The fourth-order valence-electron chi connectivity index (χ4n) is 1.53. The second-order valence-corrected chi connectivity index (χ2v) is 5.88. The molecule has 1 N–H and O–H groups in total. The van der Waals surface area contributed by atoms with E-state index in [4.69, 9.17) is 5.11 Å². The number of rotatable bonds is 5. The molecule has 16 heavy (non-hydrogen) atoms. The molecule has 0 aromatic heterocycles. The van der Waals surface area contributed by atoms with E-state index in [0.29, 0.717) is 5.25 Å². The van der Waals surface area contributed by atoms with Crippen molar-refractivity contribution in [3.05, 3.63) is 29.8 Å². The molecule has 3 heteroatoms. The van der Waals surface area contributed by atoms with E-state index in [9.17, 15) is 4.79 Å². The van der Waals surface area contributed by atoms with Crippen molar-refractivity contribution in [3.8, 4) is 0 Å². The average molecular weight is 238 g/mol. The summed E-state index contributed by atoms with van der Waals surface area (Å²) in [6.45, 7) is 6.26. The summed E-state index contributed by atoms with van der Waals surface area (Å²) in [6, 6.07) is 8.19. The highest BCUT2D eigenvalue weighted by Crippen LogP contribution is 2.26. The van der Waals surface area contributed by atoms with Crippen LogP contribution in [0.4, 0.5) is 0 Å². The molecule has 0 heterocycles. The van der Waals surface area contributed by atoms with Gasteiger partial charge in [0.2, 0.25) is 0 Å². The maximum Gasteiger partial charge on any atom is 0.303 e. The zero-order valence-electron chi connectivity index (χ0n) is 9.93. The Hall–Kier alpha value is -0.960. The average Bonchev–Trinajstić information content (AvgIpc) is 2.16. The Morgan fingerprint density at radius 2 is 1.81 bits per heavy atom. The van der Waals surface area contributed by atoms with Crippen LogP contribution < -0.4 is 0 Å². The highest BCUT2D eigenvalue weighted by molar-refractivity contribution is 7.99. The van der Waals surface area contributed by atoms with Crippen LogP contribution in [0.1, 0.15) is 38.7 Å². The Morgan fingerprint density at radius 3 is 2.25 bits per heavy atom. The number of carboxylic acid groups (broad SMARTS) is 1. The van der Waals surface area contributed by atoms with Gasteiger partial charge in [0, 0.05) is 10.1 Å². The molecule has 0 amide bonds. The third kappa shape index (κ3) is 4.27. The van der Waals surface area contributed by atoms with E-state index in [1.54, 1.807) is 0 Å². The maximum absolute atomic E-state index is 10.6. The standard InChI is InChI=1S/C13H18O2S/c1-9(2)16-12-6-4-11(5-7-12)10(3)8-13(14)15/h4-7,9-10H,8H2,1-3H3,(H,14,15). The molecule has 0 bridgehead atoms. The molecule has 1 atom stereocenters. The summed E-state index contributed by atoms with van der Waals surface area (Å²) in [5, 5.41) is 9.29. The number of hydrogen-bond donors (Lipinski definition) is 1. The monoisotopic (exact) mass is 238 g/mol. The summed E-state index contributed by atoms with van der Waals surface area (Å²) >= 11 is 1.82. The smallest absolute Gasteiger partial charge is 0.303 e. The van der Waals surface area contributed by atoms with Crippen molar-refractivity contribution in [2.75, 3.05) is 0 Å². The lowest BCUT2D eigenvalue weighted by molar-refractivity contribution is -0.137. The predicted octanol–water partition coefficient (Wildman–Crippen LogP) is 3.77. The molecule has 1 aromatic rings. The van der Waals surface area contributed by atoms with Gasteiger partial charge in [-0.1, -0.05) is 32.9 Å². The van der Waals surface area contributed by atoms with Crippen molar-refractivity contribution in [2.45, 2.75) is 43.3 Å². The van der Waals surface area contributed by atoms with E-state index in [0.717, 1.165) is 5.56 Å². The minimum atomic E-state index is -0.742. The van der Waals surface area contributed by atoms with E-state index in [1.807, 2.05) is 30.8 Å². The first-order valence-corrected chi connectivity index (χ1v) is 6.35. The lowest BCUT2D eigenvalue weighted by atomic mass is 9.98. The van der Waals surface area contributed by atoms with Crippen LogP contribution in [-0.2, 0) is 4.79 Å². The minimum Gasteiger partial charge on any atom is -0.481 e. The first-order chi connectivity index (χ1) is 7.49. The van der Waals surface area contributed by atoms with Crippen molar-refractivity contribution in [1.82, 2.24) is 0 Å². The lowest BCUT2D eigenvalue weighted by Gasteiger charge is -2.10. The molecule has 2 nitrogen and oxygen atoms in total. The van der Waals surface area contributed by atoms with Crippen LogP contribution in [0.5, 0.6) is 0 Å². The van der Waals surface area contributed by atoms with Crippen LogP contribution in [0, 0.1) is 0 Å². The lowest BCUT2D eigenvalue weighted by Crippen LogP contribution is -2.02. The highest BCUT2D eigenvalue weighted by atomic mass is 32.2. The summed E-state index contributed by atoms with van der Waals surface area (Å²) in [5.74, 6) is -0.663. The Morgan fingerprint density at radius 1 is 1.25 bits per heavy atom. The molecule has 0 aliphatic carbocycles. The minimum absolute atomic E-state index is 0.0793. The largest absolute Gasteiger partial charge is 0.481 e. The molecule has 1 aromatic carbocycles. The van der Waals surface area contributed by atoms with Crippen molar-refractivity contribution in [3.63, 3.8) is 0 Å². The summed E-state index contributed by atoms with van der Waals surface area (Å²) in [6.07, 6.45) is 0.191. The molecule has 0 spiro atoms. The van der Waals surface area contributed by atoms with E-state index in [2.05, 4.69) is 26.0 Å². The molecule has 0 aliphatic rings. The van der Waals surface area contributed by atoms with Crippen LogP contribution >= 0.6 is 11.8 Å². The molecular formula is C13H18O2S. The zero-order valence-corrected chi connectivity index (χ0v) is 10.8. The first-order valence-electron chi connectivity index (χ1n) is 5.47. The number of benzene rings is 1. The molecule has 0 saturated carbocycles. The number of thioether (sulfide) groups is 1. The van der Waals surface area contributed by atoms with E-state index in [1.165, 1.54) is 4.90 Å². The fourth-order valence-corrected chi connectivity index (χ4v) is 2.36. The molecular weight excluding hydrogens is 220 g/mol. The van der Waals surface area contributed by atoms with Crippen LogP contribution in [0.25, 0.3) is 0 Å². The van der Waals surface area contributed by atoms with Gasteiger partial charge in [0.1, 0.15) is 0 Å². The highest BCUT2D eigenvalue weighted by Gasteiger charge is 2.09. The Kier molecular flexibility index (Phi) is 4.87. The molecule has 88 valence electrons. The van der Waals surface area contributed by atoms with Crippen molar-refractivity contribution < 1.29 is 9.90 Å². The van der Waals surface area contributed by atoms with E-state index < -0.39 is 5.97 Å². The Bertz CT molecular complexity index is 343. The topological polar surface area (TPSA) is 37.3 Å². The zero-order chi connectivity index (χ0) is 12.1. The van der Waals surface area contributed by atoms with Gasteiger partial charge >= 0.3 is 5.97 Å². The van der Waals surface area contributed by atoms with Gasteiger partial charge in [-0.3, -0.25) is 4.79 Å². The van der Waals surface area contributed by atoms with Gasteiger partial charge in [-0.25, -0.2) is 0 Å². The number of carbonyl (C=O) groups is 1. The third-order valence-corrected chi connectivity index (χ3v) is 3.32. The van der Waals surface area contributed by atoms with Crippen LogP contribution in [0.3, 0.4) is 0 Å². The van der Waals surface area contributed by atoms with Crippen LogP contribution in [0.2, 0.25) is 0 Å². The molecule has 0 radical (unpaired) electrons. The van der Waals surface area contributed by atoms with Crippen molar-refractivity contribution >= 4 is 17.7 Å². The summed E-state index contributed by atoms with van der Waals surface area (Å²) in [7, 11) is 0. The quantitative estimate of drug-likeness (QED) is 0.793. The second-order valence-electron chi connectivity index (χ2n) is 4.23. The SMILES string of the molecule is CC(C)Sc1ccc(C(C)CC(=O)O)cc1. The third-order valence-electron chi connectivity index (χ3n) is 2.30. The molecule has 0 saturated heterocycles. The molecule has 1 rings (SSSR count). The molecule has 0 aliphatic heterocycles. The van der Waals surface area contributed by atoms with Crippen molar-refractivity contribution in [1.29, 1.82) is 0 Å². The predicted molar refractivity (Wildman–Crippen MR) is 68.1 cm³/mol. The second kappa shape index (κ2) is 5.94. The van der Waals surface area contributed by atoms with E-state index in [-0.39, 0.29) is 12.3 Å². The summed E-state index contributed by atoms with van der Waals surface area (Å²) in [4.78, 5) is 11.8. The fraction of sp³-hybridized carbons (Fsp3) is 0.462. The van der Waals surface area contributed by atoms with Gasteiger partial charge in [0.05, 0.1) is 6.42 Å². The van der Waals surface area contributed by atoms with Gasteiger partial charge in [-0.15, -0.1) is 11.8 Å². The van der Waals surface area contributed by atoms with Crippen molar-refractivity contribution in [2.24, 2.45) is 0 Å². The first kappa shape index (κ1) is 13.1. The van der Waals surface area contributed by atoms with Gasteiger partial charge < -0.3 is 5.11 Å². The van der Waals surface area contributed by atoms with Gasteiger partial charge in [-0.2, -0.15) is 0 Å². The maximum atomic E-state index is 10.6. The van der Waals surface area contributed by atoms with E-state index >= 15 is 0 Å². The Balaban J connectivity index is 2.66. The number of carboxylic acids is 1. The van der Waals surface area contributed by atoms with Gasteiger partial charge in [0.15, 0.2) is 0 Å². The van der Waals surface area contributed by atoms with Crippen LogP contribution in [0.15, 0.2) is 29.2 Å². The number of aliphatic carboxylic acids is 1. The normalized spacial score (nSPS) is 12.8. The van der Waals surface area contributed by atoms with Gasteiger partial charge in [-0.05, 0) is 23.6 Å². The summed E-state index contributed by atoms with van der Waals surface area (Å²) < 4.78 is 0.